The minimum atomic E-state index is 0. The van der Waals surface area contributed by atoms with Gasteiger partial charge in [0.1, 0.15) is 5.01 Å². The first-order valence-corrected chi connectivity index (χ1v) is 6.27. The van der Waals surface area contributed by atoms with Crippen molar-refractivity contribution in [3.63, 3.8) is 0 Å². The molecular formula is C12H14Cl2N2S. The first kappa shape index (κ1) is 14.5. The molecule has 0 radical (unpaired) electrons. The molecule has 0 saturated heterocycles. The van der Waals surface area contributed by atoms with E-state index in [1.807, 2.05) is 31.3 Å². The third kappa shape index (κ3) is 3.42. The molecule has 92 valence electrons. The number of hydrogen-bond donors (Lipinski definition) is 1. The first-order valence-electron chi connectivity index (χ1n) is 5.07. The molecular weight excluding hydrogens is 275 g/mol. The van der Waals surface area contributed by atoms with Crippen LogP contribution >= 0.6 is 35.3 Å². The van der Waals surface area contributed by atoms with Gasteiger partial charge in [-0.3, -0.25) is 0 Å². The summed E-state index contributed by atoms with van der Waals surface area (Å²) >= 11 is 7.60. The lowest BCUT2D eigenvalue weighted by Gasteiger charge is -1.98. The van der Waals surface area contributed by atoms with E-state index in [9.17, 15) is 0 Å². The molecule has 2 rings (SSSR count). The monoisotopic (exact) mass is 288 g/mol. The molecule has 0 unspecified atom stereocenters. The van der Waals surface area contributed by atoms with E-state index < -0.39 is 0 Å². The van der Waals surface area contributed by atoms with Crippen molar-refractivity contribution in [3.8, 4) is 11.3 Å². The van der Waals surface area contributed by atoms with Crippen LogP contribution in [0, 0.1) is 6.92 Å². The van der Waals surface area contributed by atoms with Gasteiger partial charge in [-0.25, -0.2) is 4.98 Å². The average Bonchev–Trinajstić information content (AvgIpc) is 2.61. The fourth-order valence-electron chi connectivity index (χ4n) is 1.55. The molecule has 1 aromatic heterocycles. The van der Waals surface area contributed by atoms with Gasteiger partial charge in [-0.05, 0) is 26.1 Å². The quantitative estimate of drug-likeness (QED) is 0.926. The Hall–Kier alpha value is -0.610. The maximum atomic E-state index is 5.87. The lowest BCUT2D eigenvalue weighted by molar-refractivity contribution is 0.811. The van der Waals surface area contributed by atoms with Crippen LogP contribution in [0.25, 0.3) is 11.3 Å². The largest absolute Gasteiger partial charge is 0.314 e. The van der Waals surface area contributed by atoms with Crippen LogP contribution in [0.4, 0.5) is 0 Å². The topological polar surface area (TPSA) is 24.9 Å². The lowest BCUT2D eigenvalue weighted by Crippen LogP contribution is -2.04. The van der Waals surface area contributed by atoms with Crippen LogP contribution in [0.2, 0.25) is 5.02 Å². The number of rotatable bonds is 3. The molecule has 5 heteroatoms. The van der Waals surface area contributed by atoms with Gasteiger partial charge < -0.3 is 5.32 Å². The van der Waals surface area contributed by atoms with Crippen LogP contribution in [0.3, 0.4) is 0 Å². The van der Waals surface area contributed by atoms with Crippen LogP contribution < -0.4 is 5.32 Å². The van der Waals surface area contributed by atoms with Crippen molar-refractivity contribution in [2.24, 2.45) is 0 Å². The van der Waals surface area contributed by atoms with Gasteiger partial charge in [0.05, 0.1) is 5.69 Å². The van der Waals surface area contributed by atoms with Crippen molar-refractivity contribution < 1.29 is 0 Å². The highest BCUT2D eigenvalue weighted by molar-refractivity contribution is 7.12. The maximum Gasteiger partial charge on any atom is 0.107 e. The summed E-state index contributed by atoms with van der Waals surface area (Å²) < 4.78 is 0. The molecule has 0 aliphatic rings. The van der Waals surface area contributed by atoms with Crippen molar-refractivity contribution in [2.45, 2.75) is 13.5 Å². The molecule has 0 aliphatic heterocycles. The summed E-state index contributed by atoms with van der Waals surface area (Å²) in [6.45, 7) is 2.92. The number of benzene rings is 1. The molecule has 1 aromatic carbocycles. The van der Waals surface area contributed by atoms with Gasteiger partial charge in [-0.2, -0.15) is 0 Å². The summed E-state index contributed by atoms with van der Waals surface area (Å²) in [5, 5.41) is 4.98. The third-order valence-corrected chi connectivity index (χ3v) is 3.51. The van der Waals surface area contributed by atoms with Crippen LogP contribution in [0.15, 0.2) is 24.3 Å². The number of nitrogens with zero attached hydrogens (tertiary/aromatic N) is 1. The number of thiazole rings is 1. The Kier molecular flexibility index (Phi) is 5.40. The smallest absolute Gasteiger partial charge is 0.107 e. The van der Waals surface area contributed by atoms with E-state index in [1.165, 1.54) is 4.88 Å². The highest BCUT2D eigenvalue weighted by atomic mass is 35.5. The second-order valence-corrected chi connectivity index (χ2v) is 5.27. The SMILES string of the molecule is CNCc1nc(-c2ccc(Cl)cc2)c(C)s1.Cl. The standard InChI is InChI=1S/C12H13ClN2S.ClH/c1-8-12(15-11(16-8)7-14-2)9-3-5-10(13)6-4-9;/h3-6,14H,7H2,1-2H3;1H. The first-order chi connectivity index (χ1) is 7.70. The van der Waals surface area contributed by atoms with E-state index in [-0.39, 0.29) is 12.4 Å². The number of aryl methyl sites for hydroxylation is 1. The van der Waals surface area contributed by atoms with Crippen LogP contribution in [-0.2, 0) is 6.54 Å². The van der Waals surface area contributed by atoms with Crippen molar-refractivity contribution in [2.75, 3.05) is 7.05 Å². The summed E-state index contributed by atoms with van der Waals surface area (Å²) in [5.41, 5.74) is 2.19. The second kappa shape index (κ2) is 6.36. The Morgan fingerprint density at radius 3 is 2.53 bits per heavy atom. The van der Waals surface area contributed by atoms with E-state index in [1.54, 1.807) is 11.3 Å². The summed E-state index contributed by atoms with van der Waals surface area (Å²) in [4.78, 5) is 5.86. The van der Waals surface area contributed by atoms with Crippen molar-refractivity contribution in [1.82, 2.24) is 10.3 Å². The summed E-state index contributed by atoms with van der Waals surface area (Å²) in [5.74, 6) is 0. The second-order valence-electron chi connectivity index (χ2n) is 3.55. The van der Waals surface area contributed by atoms with E-state index >= 15 is 0 Å². The Labute approximate surface area is 116 Å². The van der Waals surface area contributed by atoms with Gasteiger partial charge in [0, 0.05) is 22.0 Å². The molecule has 0 atom stereocenters. The molecule has 17 heavy (non-hydrogen) atoms. The molecule has 1 N–H and O–H groups in total. The zero-order chi connectivity index (χ0) is 11.5. The van der Waals surface area contributed by atoms with Gasteiger partial charge in [0.15, 0.2) is 0 Å². The predicted octanol–water partition coefficient (Wildman–Crippen LogP) is 3.91. The van der Waals surface area contributed by atoms with Gasteiger partial charge >= 0.3 is 0 Å². The highest BCUT2D eigenvalue weighted by Gasteiger charge is 2.08. The number of hydrogen-bond acceptors (Lipinski definition) is 3. The zero-order valence-electron chi connectivity index (χ0n) is 9.66. The Morgan fingerprint density at radius 1 is 1.29 bits per heavy atom. The molecule has 2 aromatic rings. The van der Waals surface area contributed by atoms with Crippen molar-refractivity contribution >= 4 is 35.3 Å². The molecule has 0 bridgehead atoms. The van der Waals surface area contributed by atoms with E-state index in [0.29, 0.717) is 0 Å². The van der Waals surface area contributed by atoms with Crippen LogP contribution in [0.1, 0.15) is 9.88 Å². The minimum absolute atomic E-state index is 0. The molecule has 1 heterocycles. The fourth-order valence-corrected chi connectivity index (χ4v) is 2.65. The normalized spacial score (nSPS) is 10.1. The van der Waals surface area contributed by atoms with Crippen molar-refractivity contribution in [1.29, 1.82) is 0 Å². The minimum Gasteiger partial charge on any atom is -0.314 e. The van der Waals surface area contributed by atoms with E-state index in [0.717, 1.165) is 27.8 Å². The highest BCUT2D eigenvalue weighted by Crippen LogP contribution is 2.28. The summed E-state index contributed by atoms with van der Waals surface area (Å²) in [7, 11) is 1.93. The molecule has 0 fully saturated rings. The molecule has 0 aliphatic carbocycles. The average molecular weight is 289 g/mol. The van der Waals surface area contributed by atoms with Crippen molar-refractivity contribution in [3.05, 3.63) is 39.2 Å². The summed E-state index contributed by atoms with van der Waals surface area (Å²) in [6, 6.07) is 7.81. The van der Waals surface area contributed by atoms with Gasteiger partial charge in [-0.1, -0.05) is 23.7 Å². The third-order valence-electron chi connectivity index (χ3n) is 2.29. The van der Waals surface area contributed by atoms with E-state index in [2.05, 4.69) is 17.2 Å². The van der Waals surface area contributed by atoms with Gasteiger partial charge in [0.25, 0.3) is 0 Å². The van der Waals surface area contributed by atoms with Crippen LogP contribution in [0.5, 0.6) is 0 Å². The number of nitrogens with one attached hydrogen (secondary N) is 1. The maximum absolute atomic E-state index is 5.87. The van der Waals surface area contributed by atoms with Gasteiger partial charge in [-0.15, -0.1) is 23.7 Å². The molecule has 2 nitrogen and oxygen atoms in total. The Bertz CT molecular complexity index is 480. The van der Waals surface area contributed by atoms with Gasteiger partial charge in [0.2, 0.25) is 0 Å². The fraction of sp³-hybridized carbons (Fsp3) is 0.250. The molecule has 0 spiro atoms. The predicted molar refractivity (Wildman–Crippen MR) is 77.3 cm³/mol. The zero-order valence-corrected chi connectivity index (χ0v) is 12.0. The summed E-state index contributed by atoms with van der Waals surface area (Å²) in [6.07, 6.45) is 0. The van der Waals surface area contributed by atoms with E-state index in [4.69, 9.17) is 11.6 Å². The number of halogens is 2. The molecule has 0 saturated carbocycles. The lowest BCUT2D eigenvalue weighted by atomic mass is 10.1. The Balaban J connectivity index is 0.00000144. The van der Waals surface area contributed by atoms with Crippen LogP contribution in [-0.4, -0.2) is 12.0 Å². The number of aromatic nitrogens is 1. The molecule has 0 amide bonds. The Morgan fingerprint density at radius 2 is 1.94 bits per heavy atom.